The predicted molar refractivity (Wildman–Crippen MR) is 77.1 cm³/mol. The molecule has 1 aromatic carbocycles. The molecule has 2 nitrogen and oxygen atoms in total. The van der Waals surface area contributed by atoms with Crippen molar-refractivity contribution >= 4 is 28.3 Å². The molecule has 1 aliphatic heterocycles. The molecule has 0 aromatic heterocycles. The number of rotatable bonds is 3. The third-order valence-corrected chi connectivity index (χ3v) is 3.69. The van der Waals surface area contributed by atoms with E-state index < -0.39 is 0 Å². The number of piperidine rings is 1. The summed E-state index contributed by atoms with van der Waals surface area (Å²) >= 11 is 3.50. The van der Waals surface area contributed by atoms with Gasteiger partial charge in [-0.15, -0.1) is 12.4 Å². The molecule has 0 saturated carbocycles. The van der Waals surface area contributed by atoms with Crippen LogP contribution in [0.4, 0.5) is 0 Å². The third-order valence-electron chi connectivity index (χ3n) is 3.03. The van der Waals surface area contributed by atoms with Crippen LogP contribution in [0.2, 0.25) is 0 Å². The van der Waals surface area contributed by atoms with E-state index in [9.17, 15) is 0 Å². The van der Waals surface area contributed by atoms with Gasteiger partial charge in [0.05, 0.1) is 11.1 Å². The minimum atomic E-state index is 0. The zero-order valence-corrected chi connectivity index (χ0v) is 12.5. The van der Waals surface area contributed by atoms with Gasteiger partial charge in [0.25, 0.3) is 0 Å². The van der Waals surface area contributed by atoms with Crippen molar-refractivity contribution in [1.82, 2.24) is 4.90 Å². The van der Waals surface area contributed by atoms with Gasteiger partial charge in [0, 0.05) is 12.5 Å². The van der Waals surface area contributed by atoms with Crippen molar-refractivity contribution in [2.75, 3.05) is 26.7 Å². The van der Waals surface area contributed by atoms with Gasteiger partial charge in [0.1, 0.15) is 5.75 Å². The molecule has 0 bridgehead atoms. The maximum absolute atomic E-state index is 5.85. The Bertz CT molecular complexity index is 348. The monoisotopic (exact) mass is 319 g/mol. The summed E-state index contributed by atoms with van der Waals surface area (Å²) in [4.78, 5) is 2.39. The molecule has 1 heterocycles. The second-order valence-corrected chi connectivity index (χ2v) is 5.37. The fourth-order valence-corrected chi connectivity index (χ4v) is 2.58. The van der Waals surface area contributed by atoms with Crippen LogP contribution in [0.1, 0.15) is 12.8 Å². The number of nitrogens with zero attached hydrogens (tertiary/aromatic N) is 1. The number of likely N-dealkylation sites (tertiary alicyclic amines) is 1. The Labute approximate surface area is 118 Å². The lowest BCUT2D eigenvalue weighted by molar-refractivity contribution is 0.150. The van der Waals surface area contributed by atoms with E-state index >= 15 is 0 Å². The summed E-state index contributed by atoms with van der Waals surface area (Å²) in [6.07, 6.45) is 2.58. The fraction of sp³-hybridized carbons (Fsp3) is 0.538. The van der Waals surface area contributed by atoms with Gasteiger partial charge in [-0.2, -0.15) is 0 Å². The Morgan fingerprint density at radius 2 is 2.18 bits per heavy atom. The molecule has 1 saturated heterocycles. The van der Waals surface area contributed by atoms with Crippen molar-refractivity contribution in [3.8, 4) is 5.75 Å². The van der Waals surface area contributed by atoms with E-state index in [1.54, 1.807) is 0 Å². The van der Waals surface area contributed by atoms with Crippen molar-refractivity contribution in [3.05, 3.63) is 28.7 Å². The van der Waals surface area contributed by atoms with Crippen LogP contribution in [0.15, 0.2) is 28.7 Å². The number of hydrogen-bond donors (Lipinski definition) is 0. The summed E-state index contributed by atoms with van der Waals surface area (Å²) < 4.78 is 6.89. The second-order valence-electron chi connectivity index (χ2n) is 4.51. The zero-order chi connectivity index (χ0) is 11.4. The van der Waals surface area contributed by atoms with Gasteiger partial charge in [-0.3, -0.25) is 0 Å². The van der Waals surface area contributed by atoms with Gasteiger partial charge >= 0.3 is 0 Å². The summed E-state index contributed by atoms with van der Waals surface area (Å²) in [6, 6.07) is 8.04. The van der Waals surface area contributed by atoms with Gasteiger partial charge in [-0.05, 0) is 54.5 Å². The lowest BCUT2D eigenvalue weighted by Gasteiger charge is -2.29. The summed E-state index contributed by atoms with van der Waals surface area (Å²) in [5.41, 5.74) is 0. The van der Waals surface area contributed by atoms with Crippen LogP contribution in [0.5, 0.6) is 5.75 Å². The topological polar surface area (TPSA) is 12.5 Å². The molecule has 1 aliphatic rings. The molecule has 2 rings (SSSR count). The van der Waals surface area contributed by atoms with Gasteiger partial charge < -0.3 is 9.64 Å². The summed E-state index contributed by atoms with van der Waals surface area (Å²) in [5.74, 6) is 1.63. The zero-order valence-electron chi connectivity index (χ0n) is 10.1. The highest BCUT2D eigenvalue weighted by Crippen LogP contribution is 2.25. The lowest BCUT2D eigenvalue weighted by atomic mass is 10.00. The van der Waals surface area contributed by atoms with Crippen LogP contribution < -0.4 is 4.74 Å². The van der Waals surface area contributed by atoms with Crippen molar-refractivity contribution in [1.29, 1.82) is 0 Å². The van der Waals surface area contributed by atoms with Gasteiger partial charge in [-0.1, -0.05) is 12.1 Å². The number of benzene rings is 1. The number of hydrogen-bond acceptors (Lipinski definition) is 2. The molecular formula is C13H19BrClNO. The predicted octanol–water partition coefficient (Wildman–Crippen LogP) is 3.59. The molecule has 1 atom stereocenters. The molecule has 1 aromatic rings. The van der Waals surface area contributed by atoms with E-state index in [-0.39, 0.29) is 12.4 Å². The highest BCUT2D eigenvalue weighted by Gasteiger charge is 2.17. The molecule has 0 N–H and O–H groups in total. The number of halogens is 2. The van der Waals surface area contributed by atoms with Gasteiger partial charge in [0.2, 0.25) is 0 Å². The molecular weight excluding hydrogens is 302 g/mol. The lowest BCUT2D eigenvalue weighted by Crippen LogP contribution is -2.34. The Kier molecular flexibility index (Phi) is 6.31. The summed E-state index contributed by atoms with van der Waals surface area (Å²) in [5, 5.41) is 0. The maximum atomic E-state index is 5.85. The average molecular weight is 321 g/mol. The van der Waals surface area contributed by atoms with Crippen LogP contribution in [0.3, 0.4) is 0 Å². The largest absolute Gasteiger partial charge is 0.492 e. The van der Waals surface area contributed by atoms with Gasteiger partial charge in [-0.25, -0.2) is 0 Å². The van der Waals surface area contributed by atoms with Crippen LogP contribution >= 0.6 is 28.3 Å². The van der Waals surface area contributed by atoms with Crippen LogP contribution in [0.25, 0.3) is 0 Å². The molecule has 96 valence electrons. The minimum Gasteiger partial charge on any atom is -0.492 e. The second kappa shape index (κ2) is 7.24. The van der Waals surface area contributed by atoms with Crippen LogP contribution in [-0.4, -0.2) is 31.6 Å². The van der Waals surface area contributed by atoms with E-state index in [0.717, 1.165) is 23.4 Å². The van der Waals surface area contributed by atoms with Gasteiger partial charge in [0.15, 0.2) is 0 Å². The SMILES string of the molecule is CN1CCC[C@H](COc2ccccc2Br)C1.Cl. The Balaban J connectivity index is 0.00000144. The quantitative estimate of drug-likeness (QED) is 0.844. The van der Waals surface area contributed by atoms with Crippen LogP contribution in [-0.2, 0) is 0 Å². The van der Waals surface area contributed by atoms with E-state index in [4.69, 9.17) is 4.74 Å². The Morgan fingerprint density at radius 3 is 2.88 bits per heavy atom. The molecule has 0 aliphatic carbocycles. The molecule has 4 heteroatoms. The fourth-order valence-electron chi connectivity index (χ4n) is 2.18. The maximum Gasteiger partial charge on any atom is 0.133 e. The first-order valence-corrected chi connectivity index (χ1v) is 6.61. The molecule has 17 heavy (non-hydrogen) atoms. The first-order valence-electron chi connectivity index (χ1n) is 5.81. The summed E-state index contributed by atoms with van der Waals surface area (Å²) in [7, 11) is 2.19. The molecule has 0 amide bonds. The molecule has 0 radical (unpaired) electrons. The minimum absolute atomic E-state index is 0. The molecule has 1 fully saturated rings. The van der Waals surface area contributed by atoms with Crippen molar-refractivity contribution in [3.63, 3.8) is 0 Å². The van der Waals surface area contributed by atoms with E-state index in [0.29, 0.717) is 5.92 Å². The van der Waals surface area contributed by atoms with Crippen molar-refractivity contribution < 1.29 is 4.74 Å². The first-order chi connectivity index (χ1) is 7.75. The molecule has 0 spiro atoms. The van der Waals surface area contributed by atoms with E-state index in [1.165, 1.54) is 19.4 Å². The standard InChI is InChI=1S/C13H18BrNO.ClH/c1-15-8-4-5-11(9-15)10-16-13-7-3-2-6-12(13)14;/h2-3,6-7,11H,4-5,8-10H2,1H3;1H/t11-;/m0./s1. The average Bonchev–Trinajstić information content (AvgIpc) is 2.28. The Hall–Kier alpha value is -0.250. The van der Waals surface area contributed by atoms with E-state index in [2.05, 4.69) is 27.9 Å². The number of ether oxygens (including phenoxy) is 1. The van der Waals surface area contributed by atoms with Crippen molar-refractivity contribution in [2.24, 2.45) is 5.92 Å². The van der Waals surface area contributed by atoms with E-state index in [1.807, 2.05) is 24.3 Å². The summed E-state index contributed by atoms with van der Waals surface area (Å²) in [6.45, 7) is 3.21. The first kappa shape index (κ1) is 14.8. The normalized spacial score (nSPS) is 20.7. The van der Waals surface area contributed by atoms with Crippen molar-refractivity contribution in [2.45, 2.75) is 12.8 Å². The smallest absolute Gasteiger partial charge is 0.133 e. The molecule has 0 unspecified atom stereocenters. The Morgan fingerprint density at radius 1 is 1.41 bits per heavy atom. The number of para-hydroxylation sites is 1. The highest BCUT2D eigenvalue weighted by atomic mass is 79.9. The van der Waals surface area contributed by atoms with Crippen LogP contribution in [0, 0.1) is 5.92 Å². The third kappa shape index (κ3) is 4.49. The highest BCUT2D eigenvalue weighted by molar-refractivity contribution is 9.10.